The molecule has 16 heavy (non-hydrogen) atoms. The van der Waals surface area contributed by atoms with E-state index in [4.69, 9.17) is 16.9 Å². The first-order valence-corrected chi connectivity index (χ1v) is 5.49. The fourth-order valence-electron chi connectivity index (χ4n) is 1.38. The molecule has 0 aliphatic carbocycles. The Hall–Kier alpha value is -1.05. The van der Waals surface area contributed by atoms with Crippen LogP contribution in [0.15, 0.2) is 0 Å². The Morgan fingerprint density at radius 2 is 2.19 bits per heavy atom. The Balaban J connectivity index is 4.36. The fourth-order valence-corrected chi connectivity index (χ4v) is 1.38. The second kappa shape index (κ2) is 8.14. The number of hydrogen-bond acceptors (Lipinski definition) is 3. The molecule has 0 saturated carbocycles. The highest BCUT2D eigenvalue weighted by Crippen LogP contribution is 2.02. The maximum atomic E-state index is 11.9. The van der Waals surface area contributed by atoms with Crippen LogP contribution in [0.5, 0.6) is 0 Å². The van der Waals surface area contributed by atoms with Crippen LogP contribution >= 0.6 is 0 Å². The molecule has 2 N–H and O–H groups in total. The summed E-state index contributed by atoms with van der Waals surface area (Å²) in [6.07, 6.45) is 5.42. The third-order valence-corrected chi connectivity index (χ3v) is 2.12. The minimum absolute atomic E-state index is 0.0938. The van der Waals surface area contributed by atoms with Crippen LogP contribution in [0, 0.1) is 18.3 Å². The van der Waals surface area contributed by atoms with E-state index in [0.29, 0.717) is 25.6 Å². The number of carbonyl (C=O) groups is 1. The highest BCUT2D eigenvalue weighted by atomic mass is 16.5. The van der Waals surface area contributed by atoms with Gasteiger partial charge in [0.05, 0.1) is 12.6 Å². The van der Waals surface area contributed by atoms with Gasteiger partial charge in [0.2, 0.25) is 5.91 Å². The molecule has 0 aromatic rings. The van der Waals surface area contributed by atoms with E-state index >= 15 is 0 Å². The molecule has 0 spiro atoms. The number of carbonyl (C=O) groups excluding carboxylic acids is 1. The molecule has 0 bridgehead atoms. The van der Waals surface area contributed by atoms with Gasteiger partial charge in [0.1, 0.15) is 0 Å². The summed E-state index contributed by atoms with van der Waals surface area (Å²) in [6, 6.07) is -0.597. The summed E-state index contributed by atoms with van der Waals surface area (Å²) in [5, 5.41) is 0. The van der Waals surface area contributed by atoms with Crippen LogP contribution in [0.1, 0.15) is 20.3 Å². The predicted molar refractivity (Wildman–Crippen MR) is 64.7 cm³/mol. The molecule has 4 heteroatoms. The van der Waals surface area contributed by atoms with Crippen LogP contribution < -0.4 is 5.73 Å². The maximum Gasteiger partial charge on any atom is 0.240 e. The van der Waals surface area contributed by atoms with Crippen LogP contribution in [0.2, 0.25) is 0 Å². The fraction of sp³-hybridized carbons (Fsp3) is 0.750. The van der Waals surface area contributed by atoms with Crippen molar-refractivity contribution in [2.45, 2.75) is 26.3 Å². The van der Waals surface area contributed by atoms with Crippen LogP contribution in [0.3, 0.4) is 0 Å². The minimum Gasteiger partial charge on any atom is -0.383 e. The average molecular weight is 226 g/mol. The van der Waals surface area contributed by atoms with Crippen LogP contribution in [0.4, 0.5) is 0 Å². The van der Waals surface area contributed by atoms with Gasteiger partial charge in [0.25, 0.3) is 0 Å². The second-order valence-electron chi connectivity index (χ2n) is 4.19. The number of ether oxygens (including phenoxy) is 1. The largest absolute Gasteiger partial charge is 0.383 e. The molecule has 4 nitrogen and oxygen atoms in total. The lowest BCUT2D eigenvalue weighted by atomic mass is 10.1. The second-order valence-corrected chi connectivity index (χ2v) is 4.19. The van der Waals surface area contributed by atoms with Crippen LogP contribution in [0.25, 0.3) is 0 Å². The van der Waals surface area contributed by atoms with Gasteiger partial charge in [-0.1, -0.05) is 13.8 Å². The molecule has 0 aromatic carbocycles. The van der Waals surface area contributed by atoms with Gasteiger partial charge in [-0.15, -0.1) is 12.3 Å². The number of hydrogen-bond donors (Lipinski definition) is 1. The molecule has 0 saturated heterocycles. The van der Waals surface area contributed by atoms with Gasteiger partial charge in [-0.05, 0) is 5.92 Å². The van der Waals surface area contributed by atoms with E-state index in [0.717, 1.165) is 0 Å². The summed E-state index contributed by atoms with van der Waals surface area (Å²) in [6.45, 7) is 5.87. The molecule has 1 atom stereocenters. The molecule has 0 radical (unpaired) electrons. The van der Waals surface area contributed by atoms with Crippen molar-refractivity contribution in [1.82, 2.24) is 4.90 Å². The number of rotatable bonds is 7. The lowest BCUT2D eigenvalue weighted by Crippen LogP contribution is -2.46. The first-order chi connectivity index (χ1) is 7.52. The van der Waals surface area contributed by atoms with Gasteiger partial charge in [-0.3, -0.25) is 4.79 Å². The van der Waals surface area contributed by atoms with Crippen molar-refractivity contribution in [1.29, 1.82) is 0 Å². The molecular weight excluding hydrogens is 204 g/mol. The average Bonchev–Trinajstić information content (AvgIpc) is 2.23. The van der Waals surface area contributed by atoms with Crippen molar-refractivity contribution in [2.75, 3.05) is 26.8 Å². The van der Waals surface area contributed by atoms with Crippen molar-refractivity contribution >= 4 is 5.91 Å². The summed E-state index contributed by atoms with van der Waals surface area (Å²) in [7, 11) is 1.61. The molecule has 1 unspecified atom stereocenters. The predicted octanol–water partition coefficient (Wildman–Crippen LogP) is 0.468. The van der Waals surface area contributed by atoms with Gasteiger partial charge in [0, 0.05) is 26.6 Å². The van der Waals surface area contributed by atoms with Crippen molar-refractivity contribution < 1.29 is 9.53 Å². The van der Waals surface area contributed by atoms with Gasteiger partial charge < -0.3 is 15.4 Å². The molecular formula is C12H22N2O2. The number of terminal acetylenes is 1. The molecule has 1 amide bonds. The zero-order valence-electron chi connectivity index (χ0n) is 10.4. The van der Waals surface area contributed by atoms with E-state index in [1.807, 2.05) is 0 Å². The minimum atomic E-state index is -0.597. The molecule has 0 aromatic heterocycles. The molecule has 0 aliphatic heterocycles. The molecule has 0 rings (SSSR count). The van der Waals surface area contributed by atoms with E-state index < -0.39 is 6.04 Å². The van der Waals surface area contributed by atoms with E-state index in [9.17, 15) is 4.79 Å². The SMILES string of the molecule is C#CCC(N)C(=O)N(CCOC)CC(C)C. The highest BCUT2D eigenvalue weighted by molar-refractivity contribution is 5.82. The molecule has 0 aliphatic rings. The standard InChI is InChI=1S/C12H22N2O2/c1-5-6-11(13)12(15)14(7-8-16-4)9-10(2)3/h1,10-11H,6-9,13H2,2-4H3. The number of amides is 1. The normalized spacial score (nSPS) is 12.2. The summed E-state index contributed by atoms with van der Waals surface area (Å²) < 4.78 is 4.97. The Morgan fingerprint density at radius 1 is 1.56 bits per heavy atom. The van der Waals surface area contributed by atoms with Crippen molar-refractivity contribution in [3.8, 4) is 12.3 Å². The molecule has 0 heterocycles. The topological polar surface area (TPSA) is 55.6 Å². The quantitative estimate of drug-likeness (QED) is 0.642. The van der Waals surface area contributed by atoms with Gasteiger partial charge >= 0.3 is 0 Å². The van der Waals surface area contributed by atoms with Crippen LogP contribution in [-0.2, 0) is 9.53 Å². The third-order valence-electron chi connectivity index (χ3n) is 2.12. The Kier molecular flexibility index (Phi) is 7.61. The Labute approximate surface area is 98.1 Å². The zero-order valence-corrected chi connectivity index (χ0v) is 10.4. The van der Waals surface area contributed by atoms with E-state index in [2.05, 4.69) is 19.8 Å². The van der Waals surface area contributed by atoms with Crippen LogP contribution in [-0.4, -0.2) is 43.7 Å². The number of nitrogens with zero attached hydrogens (tertiary/aromatic N) is 1. The Morgan fingerprint density at radius 3 is 2.62 bits per heavy atom. The Bertz CT molecular complexity index is 246. The van der Waals surface area contributed by atoms with Crippen molar-refractivity contribution in [2.24, 2.45) is 11.7 Å². The monoisotopic (exact) mass is 226 g/mol. The van der Waals surface area contributed by atoms with E-state index in [-0.39, 0.29) is 12.3 Å². The first-order valence-electron chi connectivity index (χ1n) is 5.49. The maximum absolute atomic E-state index is 11.9. The molecule has 92 valence electrons. The zero-order chi connectivity index (χ0) is 12.6. The van der Waals surface area contributed by atoms with Gasteiger partial charge in [-0.2, -0.15) is 0 Å². The van der Waals surface area contributed by atoms with E-state index in [1.165, 1.54) is 0 Å². The van der Waals surface area contributed by atoms with Gasteiger partial charge in [0.15, 0.2) is 0 Å². The van der Waals surface area contributed by atoms with E-state index in [1.54, 1.807) is 12.0 Å². The van der Waals surface area contributed by atoms with Gasteiger partial charge in [-0.25, -0.2) is 0 Å². The smallest absolute Gasteiger partial charge is 0.240 e. The lowest BCUT2D eigenvalue weighted by Gasteiger charge is -2.26. The summed E-state index contributed by atoms with van der Waals surface area (Å²) in [4.78, 5) is 13.6. The summed E-state index contributed by atoms with van der Waals surface area (Å²) >= 11 is 0. The first kappa shape index (κ1) is 14.9. The highest BCUT2D eigenvalue weighted by Gasteiger charge is 2.20. The number of nitrogens with two attached hydrogens (primary N) is 1. The van der Waals surface area contributed by atoms with Crippen molar-refractivity contribution in [3.05, 3.63) is 0 Å². The number of methoxy groups -OCH3 is 1. The summed E-state index contributed by atoms with van der Waals surface area (Å²) in [5.41, 5.74) is 5.70. The van der Waals surface area contributed by atoms with Crippen molar-refractivity contribution in [3.63, 3.8) is 0 Å². The molecule has 0 fully saturated rings. The third kappa shape index (κ3) is 5.74. The summed E-state index contributed by atoms with van der Waals surface area (Å²) in [5.74, 6) is 2.72. The lowest BCUT2D eigenvalue weighted by molar-refractivity contribution is -0.133.